The third kappa shape index (κ3) is 7.31. The molecular weight excluding hydrogens is 429 g/mol. The molecule has 2 rings (SSSR count). The van der Waals surface area contributed by atoms with Gasteiger partial charge < -0.3 is 20.9 Å². The molecule has 1 unspecified atom stereocenters. The number of nitrogens with one attached hydrogen (secondary N) is 1. The highest BCUT2D eigenvalue weighted by molar-refractivity contribution is 14.0. The average Bonchev–Trinajstić information content (AvgIpc) is 2.64. The Balaban J connectivity index is 0.00000312. The standard InChI is InChI=1S/C19H25N3O2.HI/c1-24-18-9-7-15(8-10-18)11-12-21-19(20)22-13-17(14-23)16-5-3-2-4-6-16;/h2-10,17,23H,11-14H2,1H3,(H3,20,21,22);1H. The zero-order valence-electron chi connectivity index (χ0n) is 14.4. The first-order chi connectivity index (χ1) is 11.7. The fraction of sp³-hybridized carbons (Fsp3) is 0.316. The molecule has 5 nitrogen and oxygen atoms in total. The molecule has 6 heteroatoms. The van der Waals surface area contributed by atoms with E-state index in [4.69, 9.17) is 10.5 Å². The predicted molar refractivity (Wildman–Crippen MR) is 113 cm³/mol. The summed E-state index contributed by atoms with van der Waals surface area (Å²) in [4.78, 5) is 4.33. The topological polar surface area (TPSA) is 79.9 Å². The number of halogens is 1. The van der Waals surface area contributed by atoms with Crippen LogP contribution in [-0.2, 0) is 6.42 Å². The number of hydrogen-bond donors (Lipinski definition) is 3. The summed E-state index contributed by atoms with van der Waals surface area (Å²) in [6.07, 6.45) is 0.850. The van der Waals surface area contributed by atoms with Gasteiger partial charge in [0.25, 0.3) is 0 Å². The van der Waals surface area contributed by atoms with Gasteiger partial charge in [-0.2, -0.15) is 0 Å². The maximum Gasteiger partial charge on any atom is 0.188 e. The van der Waals surface area contributed by atoms with Crippen LogP contribution in [0.2, 0.25) is 0 Å². The van der Waals surface area contributed by atoms with Crippen molar-refractivity contribution in [2.75, 3.05) is 26.8 Å². The number of hydrogen-bond acceptors (Lipinski definition) is 3. The van der Waals surface area contributed by atoms with E-state index in [-0.39, 0.29) is 36.5 Å². The van der Waals surface area contributed by atoms with Crippen molar-refractivity contribution in [1.29, 1.82) is 0 Å². The molecular formula is C19H26IN3O2. The number of benzene rings is 2. The Bertz CT molecular complexity index is 633. The number of guanidine groups is 1. The number of aliphatic hydroxyl groups excluding tert-OH is 1. The van der Waals surface area contributed by atoms with Gasteiger partial charge in [-0.25, -0.2) is 0 Å². The Morgan fingerprint density at radius 3 is 2.44 bits per heavy atom. The number of nitrogens with two attached hydrogens (primary N) is 1. The van der Waals surface area contributed by atoms with Gasteiger partial charge in [-0.3, -0.25) is 4.99 Å². The minimum atomic E-state index is -0.0341. The largest absolute Gasteiger partial charge is 0.497 e. The van der Waals surface area contributed by atoms with Crippen LogP contribution in [0.3, 0.4) is 0 Å². The number of nitrogens with zero attached hydrogens (tertiary/aromatic N) is 1. The molecule has 0 radical (unpaired) electrons. The van der Waals surface area contributed by atoms with Gasteiger partial charge in [-0.15, -0.1) is 24.0 Å². The second kappa shape index (κ2) is 11.7. The quantitative estimate of drug-likeness (QED) is 0.325. The monoisotopic (exact) mass is 455 g/mol. The van der Waals surface area contributed by atoms with Crippen LogP contribution < -0.4 is 15.8 Å². The molecule has 0 aliphatic rings. The van der Waals surface area contributed by atoms with Gasteiger partial charge in [0, 0.05) is 12.5 Å². The molecule has 2 aromatic carbocycles. The molecule has 0 spiro atoms. The van der Waals surface area contributed by atoms with Crippen molar-refractivity contribution in [1.82, 2.24) is 5.32 Å². The van der Waals surface area contributed by atoms with E-state index in [0.717, 1.165) is 17.7 Å². The third-order valence-electron chi connectivity index (χ3n) is 3.85. The number of aliphatic hydroxyl groups is 1. The number of rotatable bonds is 8. The lowest BCUT2D eigenvalue weighted by Crippen LogP contribution is -2.33. The first kappa shape index (κ1) is 21.2. The Morgan fingerprint density at radius 1 is 1.16 bits per heavy atom. The normalized spacial score (nSPS) is 12.2. The summed E-state index contributed by atoms with van der Waals surface area (Å²) in [5.41, 5.74) is 8.17. The van der Waals surface area contributed by atoms with E-state index in [0.29, 0.717) is 19.0 Å². The molecule has 0 saturated carbocycles. The summed E-state index contributed by atoms with van der Waals surface area (Å²) >= 11 is 0. The van der Waals surface area contributed by atoms with E-state index in [1.807, 2.05) is 54.6 Å². The van der Waals surface area contributed by atoms with Gasteiger partial charge >= 0.3 is 0 Å². The maximum atomic E-state index is 9.52. The Morgan fingerprint density at radius 2 is 1.84 bits per heavy atom. The highest BCUT2D eigenvalue weighted by Gasteiger charge is 2.09. The Kier molecular flexibility index (Phi) is 9.94. The molecule has 0 aliphatic carbocycles. The molecule has 2 aromatic rings. The van der Waals surface area contributed by atoms with Crippen LogP contribution in [0.4, 0.5) is 0 Å². The van der Waals surface area contributed by atoms with Crippen molar-refractivity contribution in [2.45, 2.75) is 12.3 Å². The van der Waals surface area contributed by atoms with Gasteiger partial charge in [-0.05, 0) is 29.7 Å². The summed E-state index contributed by atoms with van der Waals surface area (Å²) in [5, 5.41) is 12.6. The summed E-state index contributed by atoms with van der Waals surface area (Å²) in [7, 11) is 1.66. The predicted octanol–water partition coefficient (Wildman–Crippen LogP) is 2.54. The van der Waals surface area contributed by atoms with Crippen LogP contribution in [0.1, 0.15) is 17.0 Å². The molecule has 0 heterocycles. The van der Waals surface area contributed by atoms with Crippen LogP contribution in [-0.4, -0.2) is 37.9 Å². The molecule has 0 bridgehead atoms. The van der Waals surface area contributed by atoms with Crippen molar-refractivity contribution in [3.8, 4) is 5.75 Å². The van der Waals surface area contributed by atoms with E-state index < -0.39 is 0 Å². The van der Waals surface area contributed by atoms with Crippen molar-refractivity contribution in [3.05, 3.63) is 65.7 Å². The SMILES string of the molecule is COc1ccc(CCNC(N)=NCC(CO)c2ccccc2)cc1.I. The highest BCUT2D eigenvalue weighted by atomic mass is 127. The smallest absolute Gasteiger partial charge is 0.188 e. The number of methoxy groups -OCH3 is 1. The number of ether oxygens (including phenoxy) is 1. The maximum absolute atomic E-state index is 9.52. The second-order valence-electron chi connectivity index (χ2n) is 5.54. The van der Waals surface area contributed by atoms with E-state index in [2.05, 4.69) is 10.3 Å². The highest BCUT2D eigenvalue weighted by Crippen LogP contribution is 2.15. The van der Waals surface area contributed by atoms with Crippen molar-refractivity contribution in [3.63, 3.8) is 0 Å². The molecule has 0 saturated heterocycles. The van der Waals surface area contributed by atoms with Gasteiger partial charge in [-0.1, -0.05) is 42.5 Å². The lowest BCUT2D eigenvalue weighted by Gasteiger charge is -2.13. The fourth-order valence-electron chi connectivity index (χ4n) is 2.39. The summed E-state index contributed by atoms with van der Waals surface area (Å²) < 4.78 is 5.14. The van der Waals surface area contributed by atoms with Crippen LogP contribution in [0.5, 0.6) is 5.75 Å². The second-order valence-corrected chi connectivity index (χ2v) is 5.54. The fourth-order valence-corrected chi connectivity index (χ4v) is 2.39. The van der Waals surface area contributed by atoms with Gasteiger partial charge in [0.2, 0.25) is 0 Å². The van der Waals surface area contributed by atoms with Gasteiger partial charge in [0.1, 0.15) is 5.75 Å². The first-order valence-corrected chi connectivity index (χ1v) is 8.05. The minimum Gasteiger partial charge on any atom is -0.497 e. The molecule has 0 fully saturated rings. The lowest BCUT2D eigenvalue weighted by atomic mass is 10.0. The average molecular weight is 455 g/mol. The van der Waals surface area contributed by atoms with Gasteiger partial charge in [0.05, 0.1) is 20.3 Å². The lowest BCUT2D eigenvalue weighted by molar-refractivity contribution is 0.268. The molecule has 136 valence electrons. The van der Waals surface area contributed by atoms with Gasteiger partial charge in [0.15, 0.2) is 5.96 Å². The first-order valence-electron chi connectivity index (χ1n) is 8.05. The molecule has 4 N–H and O–H groups in total. The van der Waals surface area contributed by atoms with Crippen molar-refractivity contribution < 1.29 is 9.84 Å². The minimum absolute atomic E-state index is 0. The summed E-state index contributed by atoms with van der Waals surface area (Å²) in [6.45, 7) is 1.21. The van der Waals surface area contributed by atoms with Crippen LogP contribution in [0, 0.1) is 0 Å². The molecule has 1 atom stereocenters. The molecule has 0 aromatic heterocycles. The number of aliphatic imine (C=N–C) groups is 1. The Hall–Kier alpha value is -1.80. The molecule has 25 heavy (non-hydrogen) atoms. The van der Waals surface area contributed by atoms with Crippen LogP contribution in [0.15, 0.2) is 59.6 Å². The van der Waals surface area contributed by atoms with E-state index in [9.17, 15) is 5.11 Å². The summed E-state index contributed by atoms with van der Waals surface area (Å²) in [6, 6.07) is 17.8. The molecule has 0 aliphatic heterocycles. The Labute approximate surface area is 166 Å². The van der Waals surface area contributed by atoms with E-state index >= 15 is 0 Å². The zero-order chi connectivity index (χ0) is 17.2. The molecule has 0 amide bonds. The van der Waals surface area contributed by atoms with Crippen LogP contribution in [0.25, 0.3) is 0 Å². The van der Waals surface area contributed by atoms with E-state index in [1.54, 1.807) is 7.11 Å². The van der Waals surface area contributed by atoms with Crippen molar-refractivity contribution >= 4 is 29.9 Å². The third-order valence-corrected chi connectivity index (χ3v) is 3.85. The zero-order valence-corrected chi connectivity index (χ0v) is 16.7. The van der Waals surface area contributed by atoms with E-state index in [1.165, 1.54) is 5.56 Å². The van der Waals surface area contributed by atoms with Crippen molar-refractivity contribution in [2.24, 2.45) is 10.7 Å². The van der Waals surface area contributed by atoms with Crippen LogP contribution >= 0.6 is 24.0 Å². The summed E-state index contributed by atoms with van der Waals surface area (Å²) in [5.74, 6) is 1.22.